The lowest BCUT2D eigenvalue weighted by molar-refractivity contribution is -0.140. The molecule has 3 rings (SSSR count). The van der Waals surface area contributed by atoms with Gasteiger partial charge in [-0.2, -0.15) is 0 Å². The van der Waals surface area contributed by atoms with E-state index in [1.54, 1.807) is 11.3 Å². The SMILES string of the molecule is Cc1sc2cc(C3(C(=O)O)CC3)ccc2c1C. The number of carbonyl (C=O) groups is 1. The van der Waals surface area contributed by atoms with E-state index in [1.165, 1.54) is 20.5 Å². The van der Waals surface area contributed by atoms with Gasteiger partial charge in [0.05, 0.1) is 5.41 Å². The normalized spacial score (nSPS) is 17.3. The summed E-state index contributed by atoms with van der Waals surface area (Å²) in [6.07, 6.45) is 1.55. The third kappa shape index (κ3) is 1.42. The van der Waals surface area contributed by atoms with Crippen LogP contribution in [0, 0.1) is 13.8 Å². The number of carboxylic acids is 1. The molecule has 0 radical (unpaired) electrons. The molecule has 1 saturated carbocycles. The van der Waals surface area contributed by atoms with E-state index in [-0.39, 0.29) is 0 Å². The van der Waals surface area contributed by atoms with Crippen LogP contribution < -0.4 is 0 Å². The van der Waals surface area contributed by atoms with E-state index in [0.717, 1.165) is 18.4 Å². The van der Waals surface area contributed by atoms with Crippen LogP contribution in [-0.4, -0.2) is 11.1 Å². The van der Waals surface area contributed by atoms with E-state index >= 15 is 0 Å². The molecular weight excluding hydrogens is 232 g/mol. The summed E-state index contributed by atoms with van der Waals surface area (Å²) in [6, 6.07) is 6.14. The molecule has 1 heterocycles. The summed E-state index contributed by atoms with van der Waals surface area (Å²) in [5.41, 5.74) is 1.70. The third-order valence-electron chi connectivity index (χ3n) is 3.89. The summed E-state index contributed by atoms with van der Waals surface area (Å²) in [6.45, 7) is 4.24. The van der Waals surface area contributed by atoms with Gasteiger partial charge in [0.2, 0.25) is 0 Å². The highest BCUT2D eigenvalue weighted by molar-refractivity contribution is 7.19. The van der Waals surface area contributed by atoms with Crippen LogP contribution in [-0.2, 0) is 10.2 Å². The summed E-state index contributed by atoms with van der Waals surface area (Å²) in [5.74, 6) is -0.679. The Balaban J connectivity index is 2.18. The van der Waals surface area contributed by atoms with Crippen molar-refractivity contribution in [2.75, 3.05) is 0 Å². The van der Waals surface area contributed by atoms with Gasteiger partial charge in [-0.3, -0.25) is 4.79 Å². The van der Waals surface area contributed by atoms with Crippen LogP contribution >= 0.6 is 11.3 Å². The Bertz CT molecular complexity index is 620. The summed E-state index contributed by atoms with van der Waals surface area (Å²) in [5, 5.41) is 10.6. The number of rotatable bonds is 2. The first-order chi connectivity index (χ1) is 8.04. The number of fused-ring (bicyclic) bond motifs is 1. The van der Waals surface area contributed by atoms with Gasteiger partial charge >= 0.3 is 5.97 Å². The number of benzene rings is 1. The lowest BCUT2D eigenvalue weighted by Gasteiger charge is -2.09. The van der Waals surface area contributed by atoms with Crippen LogP contribution in [0.25, 0.3) is 10.1 Å². The molecule has 1 N–H and O–H groups in total. The van der Waals surface area contributed by atoms with Gasteiger partial charge in [0, 0.05) is 9.58 Å². The maximum atomic E-state index is 11.3. The smallest absolute Gasteiger partial charge is 0.314 e. The summed E-state index contributed by atoms with van der Waals surface area (Å²) < 4.78 is 1.21. The highest BCUT2D eigenvalue weighted by atomic mass is 32.1. The maximum absolute atomic E-state index is 11.3. The van der Waals surface area contributed by atoms with Crippen molar-refractivity contribution in [2.45, 2.75) is 32.1 Å². The van der Waals surface area contributed by atoms with E-state index in [0.29, 0.717) is 0 Å². The Morgan fingerprint density at radius 3 is 2.65 bits per heavy atom. The average Bonchev–Trinajstić information content (AvgIpc) is 3.04. The van der Waals surface area contributed by atoms with Crippen LogP contribution in [0.4, 0.5) is 0 Å². The molecule has 0 saturated heterocycles. The summed E-state index contributed by atoms with van der Waals surface area (Å²) in [4.78, 5) is 12.6. The molecule has 0 aliphatic heterocycles. The van der Waals surface area contributed by atoms with Crippen molar-refractivity contribution in [1.29, 1.82) is 0 Å². The van der Waals surface area contributed by atoms with Gasteiger partial charge in [0.15, 0.2) is 0 Å². The van der Waals surface area contributed by atoms with Gasteiger partial charge in [-0.05, 0) is 49.3 Å². The van der Waals surface area contributed by atoms with Gasteiger partial charge in [-0.25, -0.2) is 0 Å². The quantitative estimate of drug-likeness (QED) is 0.878. The molecule has 0 unspecified atom stereocenters. The zero-order valence-corrected chi connectivity index (χ0v) is 10.7. The number of carboxylic acid groups (broad SMARTS) is 1. The van der Waals surface area contributed by atoms with Crippen LogP contribution in [0.5, 0.6) is 0 Å². The molecule has 0 bridgehead atoms. The van der Waals surface area contributed by atoms with Crippen LogP contribution in [0.1, 0.15) is 28.8 Å². The van der Waals surface area contributed by atoms with Crippen molar-refractivity contribution in [1.82, 2.24) is 0 Å². The van der Waals surface area contributed by atoms with E-state index in [2.05, 4.69) is 26.0 Å². The summed E-state index contributed by atoms with van der Waals surface area (Å²) in [7, 11) is 0. The van der Waals surface area contributed by atoms with E-state index in [1.807, 2.05) is 6.07 Å². The Morgan fingerprint density at radius 2 is 2.06 bits per heavy atom. The standard InChI is InChI=1S/C14H14O2S/c1-8-9(2)17-12-7-10(3-4-11(8)12)14(5-6-14)13(15)16/h3-4,7H,5-6H2,1-2H3,(H,15,16). The Labute approximate surface area is 104 Å². The van der Waals surface area contributed by atoms with Crippen LogP contribution in [0.2, 0.25) is 0 Å². The number of thiophene rings is 1. The number of aliphatic carboxylic acids is 1. The fourth-order valence-electron chi connectivity index (χ4n) is 2.40. The molecule has 1 fully saturated rings. The molecule has 1 aromatic carbocycles. The highest BCUT2D eigenvalue weighted by Crippen LogP contribution is 2.49. The van der Waals surface area contributed by atoms with Crippen molar-refractivity contribution in [3.05, 3.63) is 34.2 Å². The van der Waals surface area contributed by atoms with E-state index < -0.39 is 11.4 Å². The third-order valence-corrected chi connectivity index (χ3v) is 5.06. The zero-order valence-electron chi connectivity index (χ0n) is 9.91. The Kier molecular flexibility index (Phi) is 2.11. The first-order valence-corrected chi connectivity index (χ1v) is 6.60. The van der Waals surface area contributed by atoms with Crippen molar-refractivity contribution in [2.24, 2.45) is 0 Å². The van der Waals surface area contributed by atoms with E-state index in [9.17, 15) is 9.90 Å². The molecule has 1 aliphatic carbocycles. The monoisotopic (exact) mass is 246 g/mol. The molecule has 17 heavy (non-hydrogen) atoms. The second kappa shape index (κ2) is 3.33. The minimum Gasteiger partial charge on any atom is -0.481 e. The first kappa shape index (κ1) is 10.8. The fourth-order valence-corrected chi connectivity index (χ4v) is 3.51. The maximum Gasteiger partial charge on any atom is 0.314 e. The topological polar surface area (TPSA) is 37.3 Å². The average molecular weight is 246 g/mol. The predicted octanol–water partition coefficient (Wildman–Crippen LogP) is 3.63. The molecular formula is C14H14O2S. The van der Waals surface area contributed by atoms with Crippen LogP contribution in [0.15, 0.2) is 18.2 Å². The minimum absolute atomic E-state index is 0.583. The molecule has 2 aromatic rings. The molecule has 1 aliphatic rings. The van der Waals surface area contributed by atoms with Crippen molar-refractivity contribution in [3.63, 3.8) is 0 Å². The van der Waals surface area contributed by atoms with Gasteiger partial charge in [-0.15, -0.1) is 11.3 Å². The van der Waals surface area contributed by atoms with Crippen LogP contribution in [0.3, 0.4) is 0 Å². The molecule has 3 heteroatoms. The Hall–Kier alpha value is -1.35. The number of hydrogen-bond acceptors (Lipinski definition) is 2. The summed E-state index contributed by atoms with van der Waals surface area (Å²) >= 11 is 1.76. The second-order valence-corrected chi connectivity index (χ2v) is 6.14. The molecule has 88 valence electrons. The van der Waals surface area contributed by atoms with Gasteiger partial charge < -0.3 is 5.11 Å². The van der Waals surface area contributed by atoms with Gasteiger partial charge in [0.25, 0.3) is 0 Å². The fraction of sp³-hybridized carbons (Fsp3) is 0.357. The lowest BCUT2D eigenvalue weighted by atomic mass is 9.95. The molecule has 0 atom stereocenters. The van der Waals surface area contributed by atoms with E-state index in [4.69, 9.17) is 0 Å². The van der Waals surface area contributed by atoms with Crippen molar-refractivity contribution in [3.8, 4) is 0 Å². The predicted molar refractivity (Wildman–Crippen MR) is 69.8 cm³/mol. The number of aryl methyl sites for hydroxylation is 2. The largest absolute Gasteiger partial charge is 0.481 e. The van der Waals surface area contributed by atoms with Gasteiger partial charge in [-0.1, -0.05) is 12.1 Å². The molecule has 0 spiro atoms. The second-order valence-electron chi connectivity index (χ2n) is 4.88. The minimum atomic E-state index is -0.679. The molecule has 1 aromatic heterocycles. The molecule has 2 nitrogen and oxygen atoms in total. The zero-order chi connectivity index (χ0) is 12.2. The highest BCUT2D eigenvalue weighted by Gasteiger charge is 2.51. The van der Waals surface area contributed by atoms with Crippen molar-refractivity contribution < 1.29 is 9.90 Å². The molecule has 0 amide bonds. The first-order valence-electron chi connectivity index (χ1n) is 5.78. The lowest BCUT2D eigenvalue weighted by Crippen LogP contribution is -2.19. The number of hydrogen-bond donors (Lipinski definition) is 1. The van der Waals surface area contributed by atoms with Crippen molar-refractivity contribution >= 4 is 27.4 Å². The van der Waals surface area contributed by atoms with Gasteiger partial charge in [0.1, 0.15) is 0 Å². The Morgan fingerprint density at radius 1 is 1.35 bits per heavy atom.